The lowest BCUT2D eigenvalue weighted by atomic mass is 10.2. The van der Waals surface area contributed by atoms with Crippen molar-refractivity contribution < 1.29 is 33.4 Å². The predicted molar refractivity (Wildman–Crippen MR) is 79.5 cm³/mol. The van der Waals surface area contributed by atoms with E-state index in [-0.39, 0.29) is 13.0 Å². The van der Waals surface area contributed by atoms with E-state index in [4.69, 9.17) is 4.74 Å². The fourth-order valence-electron chi connectivity index (χ4n) is 1.85. The number of ether oxygens (including phenoxy) is 2. The Morgan fingerprint density at radius 3 is 2.42 bits per heavy atom. The zero-order valence-corrected chi connectivity index (χ0v) is 14.0. The molecule has 1 rings (SSSR count). The van der Waals surface area contributed by atoms with Gasteiger partial charge in [0, 0.05) is 0 Å². The molecule has 0 aliphatic carbocycles. The SMILES string of the molecule is COC(=O)CNC(=O)CN1C(=O)C[C@H](NC(=O)OC(C)(C)C)C1=O. The van der Waals surface area contributed by atoms with Crippen molar-refractivity contribution in [2.75, 3.05) is 20.2 Å². The van der Waals surface area contributed by atoms with Gasteiger partial charge in [-0.05, 0) is 20.8 Å². The van der Waals surface area contributed by atoms with E-state index >= 15 is 0 Å². The number of hydrogen-bond donors (Lipinski definition) is 2. The highest BCUT2D eigenvalue weighted by molar-refractivity contribution is 6.08. The molecule has 1 fully saturated rings. The first kappa shape index (κ1) is 19.4. The molecule has 0 saturated carbocycles. The van der Waals surface area contributed by atoms with Gasteiger partial charge in [-0.1, -0.05) is 0 Å². The molecule has 0 bridgehead atoms. The Morgan fingerprint density at radius 1 is 1.25 bits per heavy atom. The lowest BCUT2D eigenvalue weighted by Gasteiger charge is -2.21. The fourth-order valence-corrected chi connectivity index (χ4v) is 1.85. The highest BCUT2D eigenvalue weighted by Gasteiger charge is 2.40. The van der Waals surface area contributed by atoms with Crippen LogP contribution in [0.4, 0.5) is 4.79 Å². The number of methoxy groups -OCH3 is 1. The Kier molecular flexibility index (Phi) is 6.27. The number of hydrogen-bond acceptors (Lipinski definition) is 7. The van der Waals surface area contributed by atoms with Gasteiger partial charge in [0.05, 0.1) is 13.5 Å². The third-order valence-electron chi connectivity index (χ3n) is 2.89. The zero-order valence-electron chi connectivity index (χ0n) is 14.0. The van der Waals surface area contributed by atoms with Gasteiger partial charge >= 0.3 is 12.1 Å². The maximum absolute atomic E-state index is 12.1. The minimum absolute atomic E-state index is 0.262. The number of likely N-dealkylation sites (tertiary alicyclic amines) is 1. The Bertz CT molecular complexity index is 553. The second kappa shape index (κ2) is 7.75. The molecule has 134 valence electrons. The summed E-state index contributed by atoms with van der Waals surface area (Å²) in [7, 11) is 1.16. The highest BCUT2D eigenvalue weighted by atomic mass is 16.6. The summed E-state index contributed by atoms with van der Waals surface area (Å²) < 4.78 is 9.36. The molecule has 1 aliphatic rings. The van der Waals surface area contributed by atoms with E-state index < -0.39 is 48.0 Å². The van der Waals surface area contributed by atoms with Crippen LogP contribution in [0.3, 0.4) is 0 Å². The van der Waals surface area contributed by atoms with E-state index in [9.17, 15) is 24.0 Å². The van der Waals surface area contributed by atoms with Crippen molar-refractivity contribution in [3.8, 4) is 0 Å². The molecule has 0 aromatic rings. The Balaban J connectivity index is 2.56. The number of nitrogens with one attached hydrogen (secondary N) is 2. The Morgan fingerprint density at radius 2 is 1.88 bits per heavy atom. The van der Waals surface area contributed by atoms with E-state index in [2.05, 4.69) is 15.4 Å². The third kappa shape index (κ3) is 5.86. The molecule has 1 aliphatic heterocycles. The van der Waals surface area contributed by atoms with Crippen LogP contribution in [0.15, 0.2) is 0 Å². The summed E-state index contributed by atoms with van der Waals surface area (Å²) in [6.07, 6.45) is -1.09. The number of alkyl carbamates (subject to hydrolysis) is 1. The Hall–Kier alpha value is -2.65. The molecule has 0 radical (unpaired) electrons. The van der Waals surface area contributed by atoms with Crippen LogP contribution in [0.2, 0.25) is 0 Å². The average Bonchev–Trinajstić information content (AvgIpc) is 2.70. The number of nitrogens with zero attached hydrogens (tertiary/aromatic N) is 1. The molecule has 1 saturated heterocycles. The van der Waals surface area contributed by atoms with Gasteiger partial charge in [0.2, 0.25) is 11.8 Å². The van der Waals surface area contributed by atoms with Crippen LogP contribution in [-0.2, 0) is 28.7 Å². The van der Waals surface area contributed by atoms with Crippen molar-refractivity contribution in [2.24, 2.45) is 0 Å². The van der Waals surface area contributed by atoms with E-state index in [1.54, 1.807) is 20.8 Å². The largest absolute Gasteiger partial charge is 0.468 e. The monoisotopic (exact) mass is 343 g/mol. The van der Waals surface area contributed by atoms with Gasteiger partial charge < -0.3 is 20.1 Å². The van der Waals surface area contributed by atoms with E-state index in [1.165, 1.54) is 0 Å². The van der Waals surface area contributed by atoms with Crippen molar-refractivity contribution in [1.82, 2.24) is 15.5 Å². The van der Waals surface area contributed by atoms with E-state index in [0.29, 0.717) is 4.90 Å². The number of carbonyl (C=O) groups is 5. The molecule has 1 atom stereocenters. The number of amides is 4. The molecule has 10 heteroatoms. The average molecular weight is 343 g/mol. The first-order valence-electron chi connectivity index (χ1n) is 7.20. The van der Waals surface area contributed by atoms with Crippen molar-refractivity contribution in [3.63, 3.8) is 0 Å². The lowest BCUT2D eigenvalue weighted by Crippen LogP contribution is -2.46. The van der Waals surface area contributed by atoms with Gasteiger partial charge in [-0.2, -0.15) is 0 Å². The topological polar surface area (TPSA) is 131 Å². The summed E-state index contributed by atoms with van der Waals surface area (Å²) in [5.74, 6) is -2.67. The van der Waals surface area contributed by atoms with E-state index in [1.807, 2.05) is 0 Å². The summed E-state index contributed by atoms with van der Waals surface area (Å²) in [6, 6.07) is -1.08. The van der Waals surface area contributed by atoms with Crippen LogP contribution in [-0.4, -0.2) is 66.5 Å². The molecule has 0 aromatic carbocycles. The van der Waals surface area contributed by atoms with Crippen LogP contribution in [0.1, 0.15) is 27.2 Å². The Labute approximate surface area is 138 Å². The summed E-state index contributed by atoms with van der Waals surface area (Å²) in [5.41, 5.74) is -0.747. The van der Waals surface area contributed by atoms with Crippen LogP contribution in [0.5, 0.6) is 0 Å². The minimum atomic E-state index is -1.08. The van der Waals surface area contributed by atoms with Crippen molar-refractivity contribution in [3.05, 3.63) is 0 Å². The van der Waals surface area contributed by atoms with Crippen molar-refractivity contribution in [1.29, 1.82) is 0 Å². The van der Waals surface area contributed by atoms with Crippen LogP contribution >= 0.6 is 0 Å². The van der Waals surface area contributed by atoms with Gasteiger partial charge in [0.25, 0.3) is 5.91 Å². The quantitative estimate of drug-likeness (QED) is 0.480. The number of esters is 1. The van der Waals surface area contributed by atoms with Gasteiger partial charge in [0.15, 0.2) is 0 Å². The molecule has 1 heterocycles. The minimum Gasteiger partial charge on any atom is -0.468 e. The molecule has 0 aromatic heterocycles. The molecule has 0 unspecified atom stereocenters. The summed E-state index contributed by atoms with van der Waals surface area (Å²) in [5, 5.41) is 4.52. The molecule has 24 heavy (non-hydrogen) atoms. The van der Waals surface area contributed by atoms with Gasteiger partial charge in [0.1, 0.15) is 24.7 Å². The van der Waals surface area contributed by atoms with Crippen molar-refractivity contribution >= 4 is 29.8 Å². The van der Waals surface area contributed by atoms with Crippen molar-refractivity contribution in [2.45, 2.75) is 38.8 Å². The molecular formula is C14H21N3O7. The number of carbonyl (C=O) groups excluding carboxylic acids is 5. The smallest absolute Gasteiger partial charge is 0.408 e. The number of imide groups is 1. The summed E-state index contributed by atoms with van der Waals surface area (Å²) in [4.78, 5) is 58.9. The molecule has 10 nitrogen and oxygen atoms in total. The fraction of sp³-hybridized carbons (Fsp3) is 0.643. The second-order valence-electron chi connectivity index (χ2n) is 6.07. The highest BCUT2D eigenvalue weighted by Crippen LogP contribution is 2.14. The first-order valence-corrected chi connectivity index (χ1v) is 7.20. The maximum atomic E-state index is 12.1. The zero-order chi connectivity index (χ0) is 18.5. The molecule has 0 spiro atoms. The van der Waals surface area contributed by atoms with Gasteiger partial charge in [-0.3, -0.25) is 24.1 Å². The van der Waals surface area contributed by atoms with Gasteiger partial charge in [-0.15, -0.1) is 0 Å². The van der Waals surface area contributed by atoms with Crippen LogP contribution in [0.25, 0.3) is 0 Å². The third-order valence-corrected chi connectivity index (χ3v) is 2.89. The maximum Gasteiger partial charge on any atom is 0.408 e. The van der Waals surface area contributed by atoms with E-state index in [0.717, 1.165) is 7.11 Å². The van der Waals surface area contributed by atoms with Crippen LogP contribution < -0.4 is 10.6 Å². The lowest BCUT2D eigenvalue weighted by molar-refractivity contribution is -0.143. The standard InChI is InChI=1S/C14H21N3O7/c1-14(2,3)24-13(22)16-8-5-10(19)17(12(8)21)7-9(18)15-6-11(20)23-4/h8H,5-7H2,1-4H3,(H,15,18)(H,16,22)/t8-/m0/s1. The normalized spacial score (nSPS) is 17.5. The second-order valence-corrected chi connectivity index (χ2v) is 6.07. The number of rotatable bonds is 5. The van der Waals surface area contributed by atoms with Crippen LogP contribution in [0, 0.1) is 0 Å². The predicted octanol–water partition coefficient (Wildman–Crippen LogP) is -1.07. The molecular weight excluding hydrogens is 322 g/mol. The molecule has 4 amide bonds. The molecule has 2 N–H and O–H groups in total. The summed E-state index contributed by atoms with van der Waals surface area (Å²) in [6.45, 7) is 4.07. The first-order chi connectivity index (χ1) is 11.0. The van der Waals surface area contributed by atoms with Gasteiger partial charge in [-0.25, -0.2) is 4.79 Å². The summed E-state index contributed by atoms with van der Waals surface area (Å²) >= 11 is 0.